The third-order valence-corrected chi connectivity index (χ3v) is 6.25. The standard InChI is InChI=1S/C15H27N3S2/c1-5-19-13-8-6-7-9-18(10-13)11-14-12(2)16-15(20-14)17(3)4/h13H,5-11H2,1-4H3/t13-/m1/s1. The van der Waals surface area contributed by atoms with Crippen molar-refractivity contribution >= 4 is 28.2 Å². The maximum atomic E-state index is 4.67. The van der Waals surface area contributed by atoms with E-state index in [1.165, 1.54) is 48.7 Å². The monoisotopic (exact) mass is 313 g/mol. The molecule has 1 atom stereocenters. The number of hydrogen-bond acceptors (Lipinski definition) is 5. The number of thioether (sulfide) groups is 1. The average molecular weight is 314 g/mol. The molecule has 0 spiro atoms. The van der Waals surface area contributed by atoms with E-state index in [1.807, 2.05) is 11.3 Å². The van der Waals surface area contributed by atoms with E-state index in [0.29, 0.717) is 0 Å². The highest BCUT2D eigenvalue weighted by atomic mass is 32.2. The normalized spacial score (nSPS) is 20.9. The fourth-order valence-electron chi connectivity index (χ4n) is 2.65. The summed E-state index contributed by atoms with van der Waals surface area (Å²) in [5.74, 6) is 1.24. The van der Waals surface area contributed by atoms with Gasteiger partial charge in [-0.05, 0) is 32.1 Å². The molecule has 0 aliphatic carbocycles. The quantitative estimate of drug-likeness (QED) is 0.826. The van der Waals surface area contributed by atoms with Gasteiger partial charge >= 0.3 is 0 Å². The number of likely N-dealkylation sites (tertiary alicyclic amines) is 1. The molecule has 0 bridgehead atoms. The Hall–Kier alpha value is -0.260. The van der Waals surface area contributed by atoms with Crippen LogP contribution in [0.4, 0.5) is 5.13 Å². The van der Waals surface area contributed by atoms with Gasteiger partial charge in [0.25, 0.3) is 0 Å². The summed E-state index contributed by atoms with van der Waals surface area (Å²) in [5.41, 5.74) is 1.21. The zero-order valence-corrected chi connectivity index (χ0v) is 14.8. The summed E-state index contributed by atoms with van der Waals surface area (Å²) in [6.45, 7) is 7.99. The van der Waals surface area contributed by atoms with Gasteiger partial charge in [-0.15, -0.1) is 11.3 Å². The van der Waals surface area contributed by atoms with Crippen molar-refractivity contribution in [3.8, 4) is 0 Å². The highest BCUT2D eigenvalue weighted by Crippen LogP contribution is 2.28. The van der Waals surface area contributed by atoms with Gasteiger partial charge in [0.1, 0.15) is 0 Å². The molecule has 2 heterocycles. The van der Waals surface area contributed by atoms with Gasteiger partial charge in [0.15, 0.2) is 5.13 Å². The predicted molar refractivity (Wildman–Crippen MR) is 92.2 cm³/mol. The molecule has 1 aliphatic rings. The van der Waals surface area contributed by atoms with Crippen LogP contribution in [0.2, 0.25) is 0 Å². The Kier molecular flexibility index (Phi) is 6.18. The number of aryl methyl sites for hydroxylation is 1. The molecule has 0 unspecified atom stereocenters. The van der Waals surface area contributed by atoms with Crippen LogP contribution in [-0.2, 0) is 6.54 Å². The van der Waals surface area contributed by atoms with Gasteiger partial charge in [-0.25, -0.2) is 4.98 Å². The molecule has 1 aliphatic heterocycles. The summed E-state index contributed by atoms with van der Waals surface area (Å²) in [7, 11) is 4.14. The van der Waals surface area contributed by atoms with Crippen LogP contribution < -0.4 is 4.90 Å². The topological polar surface area (TPSA) is 19.4 Å². The molecular formula is C15H27N3S2. The summed E-state index contributed by atoms with van der Waals surface area (Å²) in [4.78, 5) is 10.9. The lowest BCUT2D eigenvalue weighted by Gasteiger charge is -2.23. The van der Waals surface area contributed by atoms with Crippen molar-refractivity contribution < 1.29 is 0 Å². The molecule has 0 amide bonds. The smallest absolute Gasteiger partial charge is 0.185 e. The van der Waals surface area contributed by atoms with Crippen molar-refractivity contribution in [1.82, 2.24) is 9.88 Å². The molecule has 1 saturated heterocycles. The molecule has 0 saturated carbocycles. The second kappa shape index (κ2) is 7.66. The fourth-order valence-corrected chi connectivity index (χ4v) is 4.79. The van der Waals surface area contributed by atoms with Gasteiger partial charge in [0.05, 0.1) is 5.69 Å². The molecule has 3 nitrogen and oxygen atoms in total. The van der Waals surface area contributed by atoms with Crippen molar-refractivity contribution in [3.63, 3.8) is 0 Å². The van der Waals surface area contributed by atoms with Crippen LogP contribution in [0.5, 0.6) is 0 Å². The van der Waals surface area contributed by atoms with Gasteiger partial charge < -0.3 is 4.90 Å². The zero-order chi connectivity index (χ0) is 14.5. The Morgan fingerprint density at radius 2 is 2.20 bits per heavy atom. The third-order valence-electron chi connectivity index (χ3n) is 3.75. The highest BCUT2D eigenvalue weighted by Gasteiger charge is 2.20. The largest absolute Gasteiger partial charge is 0.354 e. The van der Waals surface area contributed by atoms with Crippen LogP contribution in [0.15, 0.2) is 0 Å². The van der Waals surface area contributed by atoms with Gasteiger partial charge in [0, 0.05) is 37.3 Å². The van der Waals surface area contributed by atoms with Crippen LogP contribution in [-0.4, -0.2) is 48.1 Å². The van der Waals surface area contributed by atoms with Gasteiger partial charge in [-0.2, -0.15) is 11.8 Å². The lowest BCUT2D eigenvalue weighted by Crippen LogP contribution is -2.29. The lowest BCUT2D eigenvalue weighted by atomic mass is 10.2. The average Bonchev–Trinajstić information content (AvgIpc) is 2.62. The fraction of sp³-hybridized carbons (Fsp3) is 0.800. The second-order valence-electron chi connectivity index (χ2n) is 5.71. The van der Waals surface area contributed by atoms with Gasteiger partial charge in [0.2, 0.25) is 0 Å². The Balaban J connectivity index is 2.00. The SMILES string of the molecule is CCS[C@@H]1CCCCN(Cc2sc(N(C)C)nc2C)C1. The Labute approximate surface area is 131 Å². The third kappa shape index (κ3) is 4.37. The van der Waals surface area contributed by atoms with E-state index in [4.69, 9.17) is 0 Å². The van der Waals surface area contributed by atoms with E-state index in [0.717, 1.165) is 16.9 Å². The minimum Gasteiger partial charge on any atom is -0.354 e. The second-order valence-corrected chi connectivity index (χ2v) is 8.35. The van der Waals surface area contributed by atoms with E-state index in [1.54, 1.807) is 0 Å². The molecule has 5 heteroatoms. The molecule has 0 N–H and O–H groups in total. The van der Waals surface area contributed by atoms with Crippen molar-refractivity contribution in [2.75, 3.05) is 37.8 Å². The molecule has 0 aromatic carbocycles. The summed E-state index contributed by atoms with van der Waals surface area (Å²) in [5, 5.41) is 1.95. The predicted octanol–water partition coefficient (Wildman–Crippen LogP) is 3.63. The minimum atomic E-state index is 0.823. The summed E-state index contributed by atoms with van der Waals surface area (Å²) < 4.78 is 0. The van der Waals surface area contributed by atoms with E-state index in [9.17, 15) is 0 Å². The minimum absolute atomic E-state index is 0.823. The zero-order valence-electron chi connectivity index (χ0n) is 13.2. The van der Waals surface area contributed by atoms with E-state index < -0.39 is 0 Å². The molecular weight excluding hydrogens is 286 g/mol. The molecule has 1 fully saturated rings. The van der Waals surface area contributed by atoms with Crippen LogP contribution >= 0.6 is 23.1 Å². The first-order valence-electron chi connectivity index (χ1n) is 7.57. The number of hydrogen-bond donors (Lipinski definition) is 0. The lowest BCUT2D eigenvalue weighted by molar-refractivity contribution is 0.281. The van der Waals surface area contributed by atoms with Crippen LogP contribution in [0, 0.1) is 6.92 Å². The van der Waals surface area contributed by atoms with E-state index in [-0.39, 0.29) is 0 Å². The first-order valence-corrected chi connectivity index (χ1v) is 9.44. The van der Waals surface area contributed by atoms with Crippen molar-refractivity contribution in [1.29, 1.82) is 0 Å². The van der Waals surface area contributed by atoms with Gasteiger partial charge in [-0.3, -0.25) is 4.90 Å². The maximum absolute atomic E-state index is 4.67. The molecule has 20 heavy (non-hydrogen) atoms. The summed E-state index contributed by atoms with van der Waals surface area (Å²) >= 11 is 3.98. The molecule has 114 valence electrons. The number of nitrogens with zero attached hydrogens (tertiary/aromatic N) is 3. The number of aromatic nitrogens is 1. The molecule has 1 aromatic rings. The first kappa shape index (κ1) is 16.1. The maximum Gasteiger partial charge on any atom is 0.185 e. The molecule has 2 rings (SSSR count). The van der Waals surface area contributed by atoms with Crippen LogP contribution in [0.25, 0.3) is 0 Å². The van der Waals surface area contributed by atoms with Gasteiger partial charge in [-0.1, -0.05) is 13.3 Å². The number of rotatable bonds is 5. The number of anilines is 1. The Bertz CT molecular complexity index is 417. The first-order chi connectivity index (χ1) is 9.60. The highest BCUT2D eigenvalue weighted by molar-refractivity contribution is 7.99. The van der Waals surface area contributed by atoms with E-state index >= 15 is 0 Å². The molecule has 1 aromatic heterocycles. The Morgan fingerprint density at radius 1 is 1.40 bits per heavy atom. The summed E-state index contributed by atoms with van der Waals surface area (Å²) in [6.07, 6.45) is 4.12. The van der Waals surface area contributed by atoms with Crippen molar-refractivity contribution in [2.45, 2.75) is 44.9 Å². The molecule has 0 radical (unpaired) electrons. The van der Waals surface area contributed by atoms with Crippen molar-refractivity contribution in [2.24, 2.45) is 0 Å². The Morgan fingerprint density at radius 3 is 2.85 bits per heavy atom. The summed E-state index contributed by atoms with van der Waals surface area (Å²) in [6, 6.07) is 0. The van der Waals surface area contributed by atoms with Crippen LogP contribution in [0.3, 0.4) is 0 Å². The van der Waals surface area contributed by atoms with E-state index in [2.05, 4.69) is 54.5 Å². The van der Waals surface area contributed by atoms with Crippen molar-refractivity contribution in [3.05, 3.63) is 10.6 Å². The van der Waals surface area contributed by atoms with Crippen LogP contribution in [0.1, 0.15) is 36.8 Å². The number of thiazole rings is 1.